The lowest BCUT2D eigenvalue weighted by atomic mass is 9.96. The van der Waals surface area contributed by atoms with E-state index in [-0.39, 0.29) is 35.8 Å². The lowest BCUT2D eigenvalue weighted by Gasteiger charge is -2.38. The van der Waals surface area contributed by atoms with E-state index in [1.165, 1.54) is 16.6 Å². The van der Waals surface area contributed by atoms with Crippen molar-refractivity contribution in [2.75, 3.05) is 39.3 Å². The fourth-order valence-corrected chi connectivity index (χ4v) is 5.92. The van der Waals surface area contributed by atoms with E-state index in [9.17, 15) is 22.4 Å². The maximum Gasteiger partial charge on any atom is 0.262 e. The number of hydrogen-bond donors (Lipinski definition) is 0. The minimum atomic E-state index is -3.68. The predicted molar refractivity (Wildman–Crippen MR) is 123 cm³/mol. The summed E-state index contributed by atoms with van der Waals surface area (Å²) < 4.78 is 42.7. The Labute approximate surface area is 199 Å². The van der Waals surface area contributed by atoms with Crippen molar-refractivity contribution >= 4 is 21.8 Å². The van der Waals surface area contributed by atoms with E-state index in [0.717, 1.165) is 0 Å². The average molecular weight is 492 g/mol. The molecule has 3 heterocycles. The first-order valence-electron chi connectivity index (χ1n) is 11.4. The Bertz CT molecular complexity index is 1180. The van der Waals surface area contributed by atoms with E-state index in [1.807, 2.05) is 0 Å². The van der Waals surface area contributed by atoms with Gasteiger partial charge >= 0.3 is 0 Å². The van der Waals surface area contributed by atoms with Gasteiger partial charge in [0.15, 0.2) is 5.03 Å². The molecule has 0 atom stereocenters. The molecular formula is C23H30FN5O4S. The molecule has 184 valence electrons. The zero-order chi connectivity index (χ0) is 24.6. The number of carbonyl (C=O) groups is 2. The number of piperazine rings is 1. The summed E-state index contributed by atoms with van der Waals surface area (Å²) in [6, 6.07) is 4.46. The molecule has 2 amide bonds. The van der Waals surface area contributed by atoms with Gasteiger partial charge in [-0.3, -0.25) is 9.59 Å². The Morgan fingerprint density at radius 3 is 2.18 bits per heavy atom. The standard InChI is InChI=1S/C23H30FN5O4S/c1-16-4-5-19(14-20(16)24)23(31)28-12-10-27(11-13-28)22(30)18-6-8-29(9-7-18)34(32,33)21-15-26(3)17(2)25-21/h4-5,14-15,18H,6-13H2,1-3H3. The summed E-state index contributed by atoms with van der Waals surface area (Å²) in [7, 11) is -1.93. The lowest BCUT2D eigenvalue weighted by Crippen LogP contribution is -2.53. The van der Waals surface area contributed by atoms with Crippen molar-refractivity contribution in [3.63, 3.8) is 0 Å². The molecular weight excluding hydrogens is 461 g/mol. The fourth-order valence-electron chi connectivity index (χ4n) is 4.42. The third-order valence-electron chi connectivity index (χ3n) is 6.79. The van der Waals surface area contributed by atoms with E-state index >= 15 is 0 Å². The number of aromatic nitrogens is 2. The monoisotopic (exact) mass is 491 g/mol. The van der Waals surface area contributed by atoms with Crippen LogP contribution in [0.5, 0.6) is 0 Å². The third kappa shape index (κ3) is 4.72. The SMILES string of the molecule is Cc1ccc(C(=O)N2CCN(C(=O)C3CCN(S(=O)(=O)c4cn(C)c(C)n4)CC3)CC2)cc1F. The molecule has 2 aromatic rings. The number of benzene rings is 1. The highest BCUT2D eigenvalue weighted by Gasteiger charge is 2.36. The first kappa shape index (κ1) is 24.3. The van der Waals surface area contributed by atoms with Crippen LogP contribution in [-0.2, 0) is 21.9 Å². The quantitative estimate of drug-likeness (QED) is 0.647. The fraction of sp³-hybridized carbons (Fsp3) is 0.522. The Morgan fingerprint density at radius 2 is 1.62 bits per heavy atom. The smallest absolute Gasteiger partial charge is 0.262 e. The first-order valence-corrected chi connectivity index (χ1v) is 12.9. The van der Waals surface area contributed by atoms with Crippen LogP contribution in [0, 0.1) is 25.6 Å². The molecule has 0 saturated carbocycles. The molecule has 2 fully saturated rings. The maximum absolute atomic E-state index is 13.8. The number of carbonyl (C=O) groups excluding carboxylic acids is 2. The van der Waals surface area contributed by atoms with Crippen molar-refractivity contribution < 1.29 is 22.4 Å². The number of amides is 2. The maximum atomic E-state index is 13.8. The van der Waals surface area contributed by atoms with Gasteiger partial charge in [0.05, 0.1) is 0 Å². The number of imidazole rings is 1. The highest BCUT2D eigenvalue weighted by Crippen LogP contribution is 2.25. The molecule has 0 N–H and O–H groups in total. The molecule has 0 unspecified atom stereocenters. The van der Waals surface area contributed by atoms with Crippen LogP contribution < -0.4 is 0 Å². The van der Waals surface area contributed by atoms with E-state index in [2.05, 4.69) is 4.98 Å². The molecule has 11 heteroatoms. The third-order valence-corrected chi connectivity index (χ3v) is 8.56. The van der Waals surface area contributed by atoms with Gasteiger partial charge in [0.1, 0.15) is 11.6 Å². The molecule has 1 aromatic heterocycles. The summed E-state index contributed by atoms with van der Waals surface area (Å²) in [5, 5.41) is 0.0338. The van der Waals surface area contributed by atoms with Crippen molar-refractivity contribution in [1.29, 1.82) is 0 Å². The number of halogens is 1. The molecule has 4 rings (SSSR count). The number of rotatable bonds is 4. The minimum absolute atomic E-state index is 0.000733. The van der Waals surface area contributed by atoms with Crippen molar-refractivity contribution in [3.8, 4) is 0 Å². The number of aryl methyl sites for hydroxylation is 3. The van der Waals surface area contributed by atoms with E-state index < -0.39 is 15.8 Å². The summed E-state index contributed by atoms with van der Waals surface area (Å²) in [6.07, 6.45) is 2.41. The number of hydrogen-bond acceptors (Lipinski definition) is 5. The van der Waals surface area contributed by atoms with Gasteiger partial charge in [-0.05, 0) is 44.4 Å². The van der Waals surface area contributed by atoms with Crippen molar-refractivity contribution in [2.24, 2.45) is 13.0 Å². The highest BCUT2D eigenvalue weighted by molar-refractivity contribution is 7.89. The molecule has 34 heavy (non-hydrogen) atoms. The largest absolute Gasteiger partial charge is 0.339 e. The van der Waals surface area contributed by atoms with Crippen LogP contribution in [0.2, 0.25) is 0 Å². The van der Waals surface area contributed by atoms with Crippen LogP contribution >= 0.6 is 0 Å². The Hall–Kier alpha value is -2.79. The van der Waals surface area contributed by atoms with Gasteiger partial charge in [-0.25, -0.2) is 17.8 Å². The molecule has 0 spiro atoms. The van der Waals surface area contributed by atoms with E-state index in [4.69, 9.17) is 0 Å². The number of nitrogens with zero attached hydrogens (tertiary/aromatic N) is 5. The van der Waals surface area contributed by atoms with Gasteiger partial charge in [0.2, 0.25) is 5.91 Å². The molecule has 0 radical (unpaired) electrons. The first-order chi connectivity index (χ1) is 16.1. The Balaban J connectivity index is 1.30. The summed E-state index contributed by atoms with van der Waals surface area (Å²) in [5.74, 6) is -0.279. The van der Waals surface area contributed by atoms with Gasteiger partial charge in [0, 0.05) is 64.0 Å². The van der Waals surface area contributed by atoms with Gasteiger partial charge < -0.3 is 14.4 Å². The van der Waals surface area contributed by atoms with Gasteiger partial charge in [0.25, 0.3) is 15.9 Å². The lowest BCUT2D eigenvalue weighted by molar-refractivity contribution is -0.138. The summed E-state index contributed by atoms with van der Waals surface area (Å²) in [5.41, 5.74) is 0.792. The van der Waals surface area contributed by atoms with Gasteiger partial charge in [-0.2, -0.15) is 4.31 Å². The Kier molecular flexibility index (Phi) is 6.77. The molecule has 9 nitrogen and oxygen atoms in total. The summed E-state index contributed by atoms with van der Waals surface area (Å²) >= 11 is 0. The van der Waals surface area contributed by atoms with Crippen LogP contribution in [0.25, 0.3) is 0 Å². The molecule has 2 aliphatic rings. The minimum Gasteiger partial charge on any atom is -0.339 e. The van der Waals surface area contributed by atoms with Crippen molar-refractivity contribution in [3.05, 3.63) is 47.2 Å². The molecule has 0 bridgehead atoms. The average Bonchev–Trinajstić information content (AvgIpc) is 3.19. The van der Waals surface area contributed by atoms with E-state index in [0.29, 0.717) is 56.0 Å². The number of piperidine rings is 1. The van der Waals surface area contributed by atoms with E-state index in [1.54, 1.807) is 47.4 Å². The molecule has 2 saturated heterocycles. The zero-order valence-corrected chi connectivity index (χ0v) is 20.5. The molecule has 0 aliphatic carbocycles. The van der Waals surface area contributed by atoms with Gasteiger partial charge in [-0.15, -0.1) is 0 Å². The van der Waals surface area contributed by atoms with Crippen LogP contribution in [0.1, 0.15) is 34.6 Å². The van der Waals surface area contributed by atoms with Crippen LogP contribution in [0.15, 0.2) is 29.4 Å². The van der Waals surface area contributed by atoms with Crippen molar-refractivity contribution in [2.45, 2.75) is 31.7 Å². The summed E-state index contributed by atoms with van der Waals surface area (Å²) in [6.45, 7) is 5.51. The van der Waals surface area contributed by atoms with Crippen LogP contribution in [0.4, 0.5) is 4.39 Å². The molecule has 1 aromatic carbocycles. The second-order valence-electron chi connectivity index (χ2n) is 9.00. The van der Waals surface area contributed by atoms with Gasteiger partial charge in [-0.1, -0.05) is 6.07 Å². The zero-order valence-electron chi connectivity index (χ0n) is 19.7. The Morgan fingerprint density at radius 1 is 1.00 bits per heavy atom. The number of sulfonamides is 1. The van der Waals surface area contributed by atoms with Crippen LogP contribution in [-0.4, -0.2) is 83.2 Å². The highest BCUT2D eigenvalue weighted by atomic mass is 32.2. The predicted octanol–water partition coefficient (Wildman–Crippen LogP) is 1.56. The summed E-state index contributed by atoms with van der Waals surface area (Å²) in [4.78, 5) is 33.3. The molecule has 2 aliphatic heterocycles. The van der Waals surface area contributed by atoms with Crippen molar-refractivity contribution in [1.82, 2.24) is 23.7 Å². The normalized spacial score (nSPS) is 18.4. The van der Waals surface area contributed by atoms with Crippen LogP contribution in [0.3, 0.4) is 0 Å². The second kappa shape index (κ2) is 9.46. The topological polar surface area (TPSA) is 95.8 Å². The second-order valence-corrected chi connectivity index (χ2v) is 10.9.